The highest BCUT2D eigenvalue weighted by molar-refractivity contribution is 5.57. The Bertz CT molecular complexity index is 747. The molecule has 0 aliphatic heterocycles. The fourth-order valence-corrected chi connectivity index (χ4v) is 2.29. The van der Waals surface area contributed by atoms with Gasteiger partial charge in [-0.05, 0) is 37.3 Å². The first-order valence-electron chi connectivity index (χ1n) is 7.79. The van der Waals surface area contributed by atoms with Crippen LogP contribution in [-0.4, -0.2) is 36.8 Å². The molecular formula is C17H20N4O4. The van der Waals surface area contributed by atoms with Gasteiger partial charge in [0.1, 0.15) is 5.69 Å². The van der Waals surface area contributed by atoms with Gasteiger partial charge in [0.2, 0.25) is 0 Å². The molecule has 8 heteroatoms. The molecule has 0 aliphatic carbocycles. The average Bonchev–Trinajstić information content (AvgIpc) is 2.64. The second-order valence-corrected chi connectivity index (χ2v) is 5.13. The number of nitro benzene ring substituents is 1. The van der Waals surface area contributed by atoms with Crippen LogP contribution >= 0.6 is 0 Å². The molecule has 2 aromatic rings. The van der Waals surface area contributed by atoms with Crippen molar-refractivity contribution in [2.24, 2.45) is 10.2 Å². The van der Waals surface area contributed by atoms with Crippen LogP contribution < -0.4 is 9.64 Å². The highest BCUT2D eigenvalue weighted by atomic mass is 16.6. The number of likely N-dealkylation sites (N-methyl/N-ethyl adjacent to an activating group) is 1. The minimum absolute atomic E-state index is 0.0660. The Morgan fingerprint density at radius 1 is 1.20 bits per heavy atom. The van der Waals surface area contributed by atoms with E-state index in [2.05, 4.69) is 10.2 Å². The number of benzene rings is 2. The Balaban J connectivity index is 2.17. The Kier molecular flexibility index (Phi) is 6.41. The van der Waals surface area contributed by atoms with Gasteiger partial charge >= 0.3 is 0 Å². The monoisotopic (exact) mass is 344 g/mol. The normalized spacial score (nSPS) is 10.8. The molecule has 132 valence electrons. The van der Waals surface area contributed by atoms with Gasteiger partial charge in [0.15, 0.2) is 5.75 Å². The molecule has 0 spiro atoms. The van der Waals surface area contributed by atoms with Gasteiger partial charge in [0, 0.05) is 24.8 Å². The van der Waals surface area contributed by atoms with Crippen molar-refractivity contribution in [3.8, 4) is 5.75 Å². The van der Waals surface area contributed by atoms with Crippen molar-refractivity contribution >= 4 is 22.7 Å². The molecule has 0 saturated carbocycles. The zero-order valence-corrected chi connectivity index (χ0v) is 14.1. The van der Waals surface area contributed by atoms with E-state index in [1.54, 1.807) is 0 Å². The maximum Gasteiger partial charge on any atom is 0.273 e. The van der Waals surface area contributed by atoms with Crippen molar-refractivity contribution in [1.82, 2.24) is 0 Å². The zero-order chi connectivity index (χ0) is 18.2. The van der Waals surface area contributed by atoms with E-state index in [4.69, 9.17) is 9.84 Å². The summed E-state index contributed by atoms with van der Waals surface area (Å²) in [5.74, 6) is 0.287. The van der Waals surface area contributed by atoms with E-state index in [1.807, 2.05) is 36.1 Å². The third-order valence-electron chi connectivity index (χ3n) is 3.61. The van der Waals surface area contributed by atoms with E-state index in [-0.39, 0.29) is 18.0 Å². The second-order valence-electron chi connectivity index (χ2n) is 5.13. The molecule has 1 N–H and O–H groups in total. The maximum absolute atomic E-state index is 10.8. The van der Waals surface area contributed by atoms with Crippen molar-refractivity contribution in [3.63, 3.8) is 0 Å². The number of aliphatic hydroxyl groups excluding tert-OH is 1. The minimum atomic E-state index is -0.492. The number of nitro groups is 1. The summed E-state index contributed by atoms with van der Waals surface area (Å²) >= 11 is 0. The zero-order valence-electron chi connectivity index (χ0n) is 14.1. The van der Waals surface area contributed by atoms with Crippen molar-refractivity contribution in [2.45, 2.75) is 6.92 Å². The molecule has 0 atom stereocenters. The van der Waals surface area contributed by atoms with Gasteiger partial charge in [0.05, 0.1) is 30.4 Å². The number of hydrogen-bond donors (Lipinski definition) is 1. The molecule has 0 heterocycles. The summed E-state index contributed by atoms with van der Waals surface area (Å²) in [4.78, 5) is 12.3. The van der Waals surface area contributed by atoms with Crippen molar-refractivity contribution in [1.29, 1.82) is 0 Å². The molecule has 0 saturated heterocycles. The number of azo groups is 1. The van der Waals surface area contributed by atoms with Gasteiger partial charge in [-0.3, -0.25) is 10.1 Å². The molecule has 0 bridgehead atoms. The van der Waals surface area contributed by atoms with Gasteiger partial charge in [-0.15, -0.1) is 5.11 Å². The topological polar surface area (TPSA) is 101 Å². The molecule has 25 heavy (non-hydrogen) atoms. The summed E-state index contributed by atoms with van der Waals surface area (Å²) < 4.78 is 5.13. The van der Waals surface area contributed by atoms with E-state index in [1.165, 1.54) is 25.3 Å². The predicted octanol–water partition coefficient (Wildman–Crippen LogP) is 3.84. The standard InChI is InChI=1S/C17H20N4O4/c1-3-20(10-11-22)14-6-4-13(5-7-14)18-19-16-9-8-15(21(23)24)12-17(16)25-2/h4-9,12,22H,3,10-11H2,1-2H3. The van der Waals surface area contributed by atoms with Crippen LogP contribution in [0.1, 0.15) is 6.92 Å². The first kappa shape index (κ1) is 18.3. The Morgan fingerprint density at radius 2 is 1.92 bits per heavy atom. The van der Waals surface area contributed by atoms with Crippen LogP contribution in [-0.2, 0) is 0 Å². The number of nitrogens with zero attached hydrogens (tertiary/aromatic N) is 4. The summed E-state index contributed by atoms with van der Waals surface area (Å²) in [6.45, 7) is 3.47. The maximum atomic E-state index is 10.8. The lowest BCUT2D eigenvalue weighted by Crippen LogP contribution is -2.25. The predicted molar refractivity (Wildman–Crippen MR) is 95.2 cm³/mol. The quantitative estimate of drug-likeness (QED) is 0.445. The van der Waals surface area contributed by atoms with Crippen LogP contribution in [0.25, 0.3) is 0 Å². The molecule has 0 aliphatic rings. The van der Waals surface area contributed by atoms with E-state index >= 15 is 0 Å². The number of anilines is 1. The second kappa shape index (κ2) is 8.74. The van der Waals surface area contributed by atoms with E-state index in [0.717, 1.165) is 12.2 Å². The number of ether oxygens (including phenoxy) is 1. The van der Waals surface area contributed by atoms with E-state index in [9.17, 15) is 10.1 Å². The lowest BCUT2D eigenvalue weighted by Gasteiger charge is -2.21. The molecule has 0 radical (unpaired) electrons. The number of non-ortho nitro benzene ring substituents is 1. The van der Waals surface area contributed by atoms with Gasteiger partial charge in [0.25, 0.3) is 5.69 Å². The summed E-state index contributed by atoms with van der Waals surface area (Å²) in [6, 6.07) is 11.6. The highest BCUT2D eigenvalue weighted by Crippen LogP contribution is 2.32. The molecule has 0 unspecified atom stereocenters. The summed E-state index contributed by atoms with van der Waals surface area (Å²) in [6.07, 6.45) is 0. The average molecular weight is 344 g/mol. The fraction of sp³-hybridized carbons (Fsp3) is 0.294. The molecule has 0 aromatic heterocycles. The molecule has 0 amide bonds. The van der Waals surface area contributed by atoms with Crippen LogP contribution in [0.2, 0.25) is 0 Å². The third-order valence-corrected chi connectivity index (χ3v) is 3.61. The lowest BCUT2D eigenvalue weighted by atomic mass is 10.2. The fourth-order valence-electron chi connectivity index (χ4n) is 2.29. The van der Waals surface area contributed by atoms with Gasteiger partial charge in [-0.25, -0.2) is 0 Å². The first-order valence-corrected chi connectivity index (χ1v) is 7.79. The molecule has 2 rings (SSSR count). The van der Waals surface area contributed by atoms with Gasteiger partial charge in [-0.1, -0.05) is 0 Å². The Morgan fingerprint density at radius 3 is 2.48 bits per heavy atom. The number of methoxy groups -OCH3 is 1. The summed E-state index contributed by atoms with van der Waals surface area (Å²) in [5, 5.41) is 28.1. The molecule has 2 aromatic carbocycles. The SMILES string of the molecule is CCN(CCO)c1ccc(N=Nc2ccc([N+](=O)[O-])cc2OC)cc1. The van der Waals surface area contributed by atoms with Gasteiger partial charge < -0.3 is 14.7 Å². The summed E-state index contributed by atoms with van der Waals surface area (Å²) in [5.41, 5.74) is 1.98. The molecular weight excluding hydrogens is 324 g/mol. The van der Waals surface area contributed by atoms with Crippen LogP contribution in [0.3, 0.4) is 0 Å². The highest BCUT2D eigenvalue weighted by Gasteiger charge is 2.11. The Hall–Kier alpha value is -3.00. The van der Waals surface area contributed by atoms with Crippen molar-refractivity contribution < 1.29 is 14.8 Å². The van der Waals surface area contributed by atoms with Crippen LogP contribution in [0.15, 0.2) is 52.7 Å². The van der Waals surface area contributed by atoms with Crippen LogP contribution in [0.4, 0.5) is 22.7 Å². The van der Waals surface area contributed by atoms with E-state index in [0.29, 0.717) is 17.9 Å². The lowest BCUT2D eigenvalue weighted by molar-refractivity contribution is -0.384. The number of hydrogen-bond acceptors (Lipinski definition) is 7. The molecule has 8 nitrogen and oxygen atoms in total. The number of aliphatic hydroxyl groups is 1. The van der Waals surface area contributed by atoms with Gasteiger partial charge in [-0.2, -0.15) is 5.11 Å². The first-order chi connectivity index (χ1) is 12.1. The molecule has 0 fully saturated rings. The Labute approximate surface area is 145 Å². The third kappa shape index (κ3) is 4.74. The summed E-state index contributed by atoms with van der Waals surface area (Å²) in [7, 11) is 1.42. The van der Waals surface area contributed by atoms with Crippen molar-refractivity contribution in [2.75, 3.05) is 31.7 Å². The van der Waals surface area contributed by atoms with Crippen LogP contribution in [0.5, 0.6) is 5.75 Å². The largest absolute Gasteiger partial charge is 0.494 e. The minimum Gasteiger partial charge on any atom is -0.494 e. The van der Waals surface area contributed by atoms with Crippen molar-refractivity contribution in [3.05, 3.63) is 52.6 Å². The smallest absolute Gasteiger partial charge is 0.273 e. The van der Waals surface area contributed by atoms with Crippen LogP contribution in [0, 0.1) is 10.1 Å². The number of rotatable bonds is 8. The van der Waals surface area contributed by atoms with E-state index < -0.39 is 4.92 Å².